The van der Waals surface area contributed by atoms with Gasteiger partial charge in [0.25, 0.3) is 0 Å². The summed E-state index contributed by atoms with van der Waals surface area (Å²) in [5, 5.41) is 0. The number of ether oxygens (including phenoxy) is 2. The van der Waals surface area contributed by atoms with Crippen LogP contribution in [0.25, 0.3) is 0 Å². The van der Waals surface area contributed by atoms with E-state index in [0.717, 1.165) is 0 Å². The number of carbonyl (C=O) groups is 2. The van der Waals surface area contributed by atoms with Gasteiger partial charge >= 0.3 is 11.9 Å². The molecule has 4 nitrogen and oxygen atoms in total. The van der Waals surface area contributed by atoms with Gasteiger partial charge in [-0.1, -0.05) is 18.7 Å². The number of benzene rings is 1. The molecular formula is C13H14O4. The molecule has 1 aromatic rings. The Hall–Kier alpha value is -2.10. The third-order valence-electron chi connectivity index (χ3n) is 1.96. The summed E-state index contributed by atoms with van der Waals surface area (Å²) >= 11 is 0. The second kappa shape index (κ2) is 5.84. The third kappa shape index (κ3) is 4.10. The fraction of sp³-hybridized carbons (Fsp3) is 0.231. The standard InChI is InChI=1S/C13H14O4/c1-4-13(17-10(3)15)11-6-5-7-12(8-11)16-9(2)14/h4-8,13H,1H2,2-3H3/t13-/m0/s1. The van der Waals surface area contributed by atoms with Gasteiger partial charge < -0.3 is 9.47 Å². The monoisotopic (exact) mass is 234 g/mol. The zero-order valence-corrected chi connectivity index (χ0v) is 9.80. The number of carbonyl (C=O) groups excluding carboxylic acids is 2. The largest absolute Gasteiger partial charge is 0.453 e. The average Bonchev–Trinajstić information content (AvgIpc) is 2.25. The van der Waals surface area contributed by atoms with Gasteiger partial charge in [0.05, 0.1) is 0 Å². The number of rotatable bonds is 4. The molecule has 17 heavy (non-hydrogen) atoms. The van der Waals surface area contributed by atoms with E-state index in [0.29, 0.717) is 11.3 Å². The first-order valence-electron chi connectivity index (χ1n) is 5.11. The van der Waals surface area contributed by atoms with Gasteiger partial charge in [-0.15, -0.1) is 0 Å². The summed E-state index contributed by atoms with van der Waals surface area (Å²) in [6.07, 6.45) is 0.969. The van der Waals surface area contributed by atoms with E-state index in [2.05, 4.69) is 6.58 Å². The Labute approximate surface area is 99.8 Å². The molecule has 0 aromatic heterocycles. The lowest BCUT2D eigenvalue weighted by Gasteiger charge is -2.13. The van der Waals surface area contributed by atoms with E-state index in [-0.39, 0.29) is 0 Å². The zero-order valence-electron chi connectivity index (χ0n) is 9.80. The molecule has 0 heterocycles. The summed E-state index contributed by atoms with van der Waals surface area (Å²) in [6, 6.07) is 6.77. The van der Waals surface area contributed by atoms with Crippen molar-refractivity contribution < 1.29 is 19.1 Å². The summed E-state index contributed by atoms with van der Waals surface area (Å²) in [5.74, 6) is -0.383. The van der Waals surface area contributed by atoms with E-state index in [1.807, 2.05) is 0 Å². The number of hydrogen-bond acceptors (Lipinski definition) is 4. The molecule has 0 N–H and O–H groups in total. The molecular weight excluding hydrogens is 220 g/mol. The van der Waals surface area contributed by atoms with Crippen molar-refractivity contribution >= 4 is 11.9 Å². The molecule has 0 bridgehead atoms. The normalized spacial score (nSPS) is 11.4. The van der Waals surface area contributed by atoms with Crippen molar-refractivity contribution in [2.75, 3.05) is 0 Å². The molecule has 0 aliphatic rings. The molecule has 4 heteroatoms. The molecule has 0 amide bonds. The Bertz CT molecular complexity index is 437. The predicted octanol–water partition coefficient (Wildman–Crippen LogP) is 2.40. The smallest absolute Gasteiger partial charge is 0.308 e. The fourth-order valence-corrected chi connectivity index (χ4v) is 1.35. The van der Waals surface area contributed by atoms with Crippen LogP contribution >= 0.6 is 0 Å². The second-order valence-electron chi connectivity index (χ2n) is 3.43. The lowest BCUT2D eigenvalue weighted by Crippen LogP contribution is -2.07. The topological polar surface area (TPSA) is 52.6 Å². The summed E-state index contributed by atoms with van der Waals surface area (Å²) in [6.45, 7) is 6.25. The second-order valence-corrected chi connectivity index (χ2v) is 3.43. The Kier molecular flexibility index (Phi) is 4.46. The summed E-state index contributed by atoms with van der Waals surface area (Å²) < 4.78 is 9.99. The van der Waals surface area contributed by atoms with Crippen LogP contribution in [0.5, 0.6) is 5.75 Å². The van der Waals surface area contributed by atoms with Crippen LogP contribution in [0.3, 0.4) is 0 Å². The highest BCUT2D eigenvalue weighted by atomic mass is 16.5. The van der Waals surface area contributed by atoms with Crippen LogP contribution in [0, 0.1) is 0 Å². The van der Waals surface area contributed by atoms with Gasteiger partial charge in [0.2, 0.25) is 0 Å². The maximum absolute atomic E-state index is 10.9. The minimum absolute atomic E-state index is 0.396. The maximum Gasteiger partial charge on any atom is 0.308 e. The van der Waals surface area contributed by atoms with E-state index in [1.165, 1.54) is 19.9 Å². The van der Waals surface area contributed by atoms with Gasteiger partial charge in [-0.25, -0.2) is 0 Å². The van der Waals surface area contributed by atoms with Crippen molar-refractivity contribution in [1.82, 2.24) is 0 Å². The minimum Gasteiger partial charge on any atom is -0.453 e. The summed E-state index contributed by atoms with van der Waals surface area (Å²) in [5.41, 5.74) is 0.703. The first-order chi connectivity index (χ1) is 8.02. The van der Waals surface area contributed by atoms with E-state index < -0.39 is 18.0 Å². The SMILES string of the molecule is C=C[C@H](OC(C)=O)c1cccc(OC(C)=O)c1. The maximum atomic E-state index is 10.9. The Morgan fingerprint density at radius 3 is 2.53 bits per heavy atom. The van der Waals surface area contributed by atoms with E-state index in [1.54, 1.807) is 24.3 Å². The quantitative estimate of drug-likeness (QED) is 0.456. The molecule has 0 aliphatic carbocycles. The van der Waals surface area contributed by atoms with Crippen LogP contribution in [-0.2, 0) is 14.3 Å². The molecule has 1 aromatic carbocycles. The molecule has 90 valence electrons. The Morgan fingerprint density at radius 1 is 1.29 bits per heavy atom. The van der Waals surface area contributed by atoms with Crippen LogP contribution in [-0.4, -0.2) is 11.9 Å². The molecule has 0 unspecified atom stereocenters. The van der Waals surface area contributed by atoms with Crippen LogP contribution in [0.15, 0.2) is 36.9 Å². The fourth-order valence-electron chi connectivity index (χ4n) is 1.35. The van der Waals surface area contributed by atoms with E-state index >= 15 is 0 Å². The van der Waals surface area contributed by atoms with E-state index in [4.69, 9.17) is 9.47 Å². The molecule has 0 saturated heterocycles. The highest BCUT2D eigenvalue weighted by Gasteiger charge is 2.11. The Morgan fingerprint density at radius 2 is 2.00 bits per heavy atom. The van der Waals surface area contributed by atoms with Gasteiger partial charge in [-0.05, 0) is 18.2 Å². The minimum atomic E-state index is -0.539. The van der Waals surface area contributed by atoms with E-state index in [9.17, 15) is 9.59 Å². The van der Waals surface area contributed by atoms with Gasteiger partial charge in [0.15, 0.2) is 0 Å². The summed E-state index contributed by atoms with van der Waals surface area (Å²) in [7, 11) is 0. The average molecular weight is 234 g/mol. The first-order valence-corrected chi connectivity index (χ1v) is 5.11. The molecule has 0 radical (unpaired) electrons. The number of esters is 2. The van der Waals surface area contributed by atoms with Crippen LogP contribution in [0.2, 0.25) is 0 Å². The van der Waals surface area contributed by atoms with Crippen LogP contribution < -0.4 is 4.74 Å². The molecule has 0 fully saturated rings. The molecule has 1 rings (SSSR count). The summed E-state index contributed by atoms with van der Waals surface area (Å²) in [4.78, 5) is 21.7. The number of hydrogen-bond donors (Lipinski definition) is 0. The van der Waals surface area contributed by atoms with Gasteiger partial charge in [0.1, 0.15) is 11.9 Å². The van der Waals surface area contributed by atoms with Crippen molar-refractivity contribution in [3.63, 3.8) is 0 Å². The Balaban J connectivity index is 2.92. The highest BCUT2D eigenvalue weighted by molar-refractivity contribution is 5.69. The van der Waals surface area contributed by atoms with Crippen molar-refractivity contribution in [2.24, 2.45) is 0 Å². The first kappa shape index (κ1) is 13.0. The predicted molar refractivity (Wildman–Crippen MR) is 62.5 cm³/mol. The molecule has 0 spiro atoms. The lowest BCUT2D eigenvalue weighted by atomic mass is 10.1. The molecule has 0 saturated carbocycles. The molecule has 1 atom stereocenters. The van der Waals surface area contributed by atoms with Crippen molar-refractivity contribution in [3.8, 4) is 5.75 Å². The van der Waals surface area contributed by atoms with Gasteiger partial charge in [-0.2, -0.15) is 0 Å². The van der Waals surface area contributed by atoms with Crippen LogP contribution in [0.1, 0.15) is 25.5 Å². The van der Waals surface area contributed by atoms with Gasteiger partial charge in [-0.3, -0.25) is 9.59 Å². The lowest BCUT2D eigenvalue weighted by molar-refractivity contribution is -0.144. The van der Waals surface area contributed by atoms with Crippen molar-refractivity contribution in [3.05, 3.63) is 42.5 Å². The van der Waals surface area contributed by atoms with Crippen LogP contribution in [0.4, 0.5) is 0 Å². The van der Waals surface area contributed by atoms with Crippen molar-refractivity contribution in [2.45, 2.75) is 20.0 Å². The zero-order chi connectivity index (χ0) is 12.8. The molecule has 0 aliphatic heterocycles. The van der Waals surface area contributed by atoms with Gasteiger partial charge in [0, 0.05) is 19.4 Å². The highest BCUT2D eigenvalue weighted by Crippen LogP contribution is 2.23. The van der Waals surface area contributed by atoms with Crippen molar-refractivity contribution in [1.29, 1.82) is 0 Å². The third-order valence-corrected chi connectivity index (χ3v) is 1.96.